The predicted molar refractivity (Wildman–Crippen MR) is 115 cm³/mol. The maximum absolute atomic E-state index is 11.1. The van der Waals surface area contributed by atoms with Crippen molar-refractivity contribution < 1.29 is 19.1 Å². The van der Waals surface area contributed by atoms with E-state index in [9.17, 15) is 9.59 Å². The van der Waals surface area contributed by atoms with Crippen molar-refractivity contribution in [2.24, 2.45) is 0 Å². The minimum atomic E-state index is -0.324. The van der Waals surface area contributed by atoms with Crippen LogP contribution in [0.4, 0.5) is 0 Å². The number of allylic oxidation sites excluding steroid dienone is 1. The zero-order valence-corrected chi connectivity index (χ0v) is 15.8. The van der Waals surface area contributed by atoms with Crippen LogP contribution < -0.4 is 9.47 Å². The van der Waals surface area contributed by atoms with Gasteiger partial charge in [0.15, 0.2) is 0 Å². The van der Waals surface area contributed by atoms with Gasteiger partial charge >= 0.3 is 11.9 Å². The van der Waals surface area contributed by atoms with E-state index in [2.05, 4.69) is 0 Å². The van der Waals surface area contributed by atoms with Crippen LogP contribution in [0.5, 0.6) is 11.5 Å². The number of esters is 2. The van der Waals surface area contributed by atoms with Crippen molar-refractivity contribution in [3.05, 3.63) is 65.2 Å². The van der Waals surface area contributed by atoms with Gasteiger partial charge in [-0.1, -0.05) is 36.3 Å². The summed E-state index contributed by atoms with van der Waals surface area (Å²) in [6.45, 7) is 2.79. The number of rotatable bonds is 4. The Bertz CT molecular complexity index is 782. The molecule has 1 aliphatic rings. The third kappa shape index (κ3) is 5.59. The van der Waals surface area contributed by atoms with Crippen LogP contribution in [-0.4, -0.2) is 20.4 Å². The van der Waals surface area contributed by atoms with E-state index in [0.29, 0.717) is 11.5 Å². The van der Waals surface area contributed by atoms with E-state index < -0.39 is 0 Å². The lowest BCUT2D eigenvalue weighted by Crippen LogP contribution is -2.03. The summed E-state index contributed by atoms with van der Waals surface area (Å²) >= 11 is 0. The van der Waals surface area contributed by atoms with Crippen molar-refractivity contribution in [1.29, 1.82) is 0 Å². The van der Waals surface area contributed by atoms with Gasteiger partial charge in [0.05, 0.1) is 8.41 Å². The Labute approximate surface area is 168 Å². The Morgan fingerprint density at radius 2 is 1.07 bits per heavy atom. The standard InChI is InChI=1S/C23H24O4.BH3/c1-16(24)26-21-12-8-19(9-13-21)23(18-6-4-3-5-7-18)20-10-14-22(15-11-20)27-17(2)25;/h8-15H,3-7H2,1-2H3;1H3. The van der Waals surface area contributed by atoms with Gasteiger partial charge in [-0.15, -0.1) is 0 Å². The summed E-state index contributed by atoms with van der Waals surface area (Å²) in [6, 6.07) is 15.3. The Kier molecular flexibility index (Phi) is 7.62. The second-order valence-corrected chi connectivity index (χ2v) is 6.78. The van der Waals surface area contributed by atoms with Gasteiger partial charge in [0.25, 0.3) is 0 Å². The Hall–Kier alpha value is -2.82. The van der Waals surface area contributed by atoms with E-state index in [1.54, 1.807) is 0 Å². The molecule has 0 radical (unpaired) electrons. The van der Waals surface area contributed by atoms with E-state index in [0.717, 1.165) is 24.0 Å². The largest absolute Gasteiger partial charge is 0.427 e. The zero-order valence-electron chi connectivity index (χ0n) is 15.8. The Morgan fingerprint density at radius 3 is 1.43 bits per heavy atom. The molecule has 1 saturated carbocycles. The summed E-state index contributed by atoms with van der Waals surface area (Å²) in [4.78, 5) is 22.3. The summed E-state index contributed by atoms with van der Waals surface area (Å²) in [5.74, 6) is 0.443. The van der Waals surface area contributed by atoms with Crippen LogP contribution >= 0.6 is 0 Å². The molecule has 3 rings (SSSR count). The summed E-state index contributed by atoms with van der Waals surface area (Å²) < 4.78 is 10.3. The maximum Gasteiger partial charge on any atom is 0.308 e. The van der Waals surface area contributed by atoms with Gasteiger partial charge in [-0.3, -0.25) is 9.59 Å². The molecule has 0 aromatic heterocycles. The smallest absolute Gasteiger partial charge is 0.308 e. The Balaban J connectivity index is 0.00000280. The third-order valence-electron chi connectivity index (χ3n) is 4.62. The first-order valence-corrected chi connectivity index (χ1v) is 9.32. The minimum Gasteiger partial charge on any atom is -0.427 e. The molecule has 4 nitrogen and oxygen atoms in total. The van der Waals surface area contributed by atoms with Crippen LogP contribution in [0, 0.1) is 0 Å². The van der Waals surface area contributed by atoms with Crippen LogP contribution in [0.25, 0.3) is 5.57 Å². The lowest BCUT2D eigenvalue weighted by atomic mass is 9.85. The lowest BCUT2D eigenvalue weighted by Gasteiger charge is -2.20. The van der Waals surface area contributed by atoms with E-state index in [4.69, 9.17) is 9.47 Å². The van der Waals surface area contributed by atoms with E-state index >= 15 is 0 Å². The molecule has 0 aliphatic heterocycles. The van der Waals surface area contributed by atoms with Gasteiger partial charge < -0.3 is 9.47 Å². The van der Waals surface area contributed by atoms with Gasteiger partial charge in [-0.25, -0.2) is 0 Å². The number of carbonyl (C=O) groups is 2. The van der Waals surface area contributed by atoms with Crippen LogP contribution in [-0.2, 0) is 9.59 Å². The average Bonchev–Trinajstić information content (AvgIpc) is 2.65. The molecule has 146 valence electrons. The van der Waals surface area contributed by atoms with Gasteiger partial charge in [-0.05, 0) is 66.6 Å². The fourth-order valence-electron chi connectivity index (χ4n) is 3.51. The normalized spacial score (nSPS) is 13.3. The van der Waals surface area contributed by atoms with Gasteiger partial charge in [0, 0.05) is 13.8 Å². The first-order valence-electron chi connectivity index (χ1n) is 9.32. The highest BCUT2D eigenvalue weighted by Crippen LogP contribution is 2.36. The minimum absolute atomic E-state index is 0. The molecule has 0 amide bonds. The third-order valence-corrected chi connectivity index (χ3v) is 4.62. The van der Waals surface area contributed by atoms with Crippen LogP contribution in [0.3, 0.4) is 0 Å². The molecule has 0 saturated heterocycles. The van der Waals surface area contributed by atoms with E-state index in [1.165, 1.54) is 44.3 Å². The van der Waals surface area contributed by atoms with Crippen LogP contribution in [0.1, 0.15) is 57.1 Å². The quantitative estimate of drug-likeness (QED) is 0.456. The molecule has 0 spiro atoms. The molecule has 5 heteroatoms. The molecule has 0 unspecified atom stereocenters. The van der Waals surface area contributed by atoms with Crippen molar-refractivity contribution in [2.45, 2.75) is 46.0 Å². The Morgan fingerprint density at radius 1 is 0.679 bits per heavy atom. The first kappa shape index (κ1) is 21.5. The zero-order chi connectivity index (χ0) is 19.2. The van der Waals surface area contributed by atoms with Crippen LogP contribution in [0.2, 0.25) is 0 Å². The van der Waals surface area contributed by atoms with Crippen molar-refractivity contribution in [2.75, 3.05) is 0 Å². The molecule has 28 heavy (non-hydrogen) atoms. The number of ether oxygens (including phenoxy) is 2. The second-order valence-electron chi connectivity index (χ2n) is 6.78. The van der Waals surface area contributed by atoms with Crippen molar-refractivity contribution in [1.82, 2.24) is 0 Å². The van der Waals surface area contributed by atoms with Gasteiger partial charge in [0.1, 0.15) is 11.5 Å². The summed E-state index contributed by atoms with van der Waals surface area (Å²) in [5.41, 5.74) is 4.87. The molecule has 2 aromatic rings. The fourth-order valence-corrected chi connectivity index (χ4v) is 3.51. The monoisotopic (exact) mass is 378 g/mol. The summed E-state index contributed by atoms with van der Waals surface area (Å²) in [5, 5.41) is 0. The molecule has 0 atom stereocenters. The van der Waals surface area contributed by atoms with Gasteiger partial charge in [0.2, 0.25) is 0 Å². The van der Waals surface area contributed by atoms with Gasteiger partial charge in [-0.2, -0.15) is 0 Å². The maximum atomic E-state index is 11.1. The van der Waals surface area contributed by atoms with Crippen molar-refractivity contribution in [3.63, 3.8) is 0 Å². The molecular formula is C23H27BO4. The predicted octanol–water partition coefficient (Wildman–Crippen LogP) is 4.12. The second kappa shape index (κ2) is 9.93. The van der Waals surface area contributed by atoms with Crippen LogP contribution in [0.15, 0.2) is 54.1 Å². The first-order chi connectivity index (χ1) is 13.0. The number of hydrogen-bond donors (Lipinski definition) is 0. The number of carbonyl (C=O) groups excluding carboxylic acids is 2. The molecular weight excluding hydrogens is 351 g/mol. The lowest BCUT2D eigenvalue weighted by molar-refractivity contribution is -0.132. The molecule has 2 aromatic carbocycles. The molecule has 0 N–H and O–H groups in total. The average molecular weight is 378 g/mol. The molecule has 0 bridgehead atoms. The highest BCUT2D eigenvalue weighted by atomic mass is 16.5. The number of hydrogen-bond acceptors (Lipinski definition) is 4. The molecule has 0 heterocycles. The SMILES string of the molecule is B.CC(=O)Oc1ccc(C(=C2CCCCC2)c2ccc(OC(C)=O)cc2)cc1. The van der Waals surface area contributed by atoms with Crippen molar-refractivity contribution in [3.8, 4) is 11.5 Å². The summed E-state index contributed by atoms with van der Waals surface area (Å²) in [6.07, 6.45) is 5.86. The van der Waals surface area contributed by atoms with E-state index in [-0.39, 0.29) is 20.4 Å². The molecule has 1 aliphatic carbocycles. The molecule has 1 fully saturated rings. The topological polar surface area (TPSA) is 52.6 Å². The highest BCUT2D eigenvalue weighted by Gasteiger charge is 2.15. The number of benzene rings is 2. The van der Waals surface area contributed by atoms with E-state index in [1.807, 2.05) is 48.5 Å². The fraction of sp³-hybridized carbons (Fsp3) is 0.304. The summed E-state index contributed by atoms with van der Waals surface area (Å²) in [7, 11) is 0. The highest BCUT2D eigenvalue weighted by molar-refractivity contribution is 5.83. The van der Waals surface area contributed by atoms with Crippen molar-refractivity contribution >= 4 is 25.9 Å².